The number of carboxylic acids is 1. The van der Waals surface area contributed by atoms with Crippen molar-refractivity contribution in [2.45, 2.75) is 32.2 Å². The van der Waals surface area contributed by atoms with Gasteiger partial charge >= 0.3 is 12.0 Å². The lowest BCUT2D eigenvalue weighted by atomic mass is 10.3. The van der Waals surface area contributed by atoms with Gasteiger partial charge in [-0.05, 0) is 31.9 Å². The van der Waals surface area contributed by atoms with Crippen LogP contribution in [0.2, 0.25) is 0 Å². The first kappa shape index (κ1) is 15.2. The molecule has 6 heteroatoms. The summed E-state index contributed by atoms with van der Waals surface area (Å²) >= 11 is 0. The van der Waals surface area contributed by atoms with E-state index in [1.807, 2.05) is 19.1 Å². The third kappa shape index (κ3) is 4.37. The quantitative estimate of drug-likeness (QED) is 0.809. The lowest BCUT2D eigenvalue weighted by molar-refractivity contribution is -0.137. The average molecular weight is 292 g/mol. The molecule has 1 saturated carbocycles. The van der Waals surface area contributed by atoms with Crippen LogP contribution in [0.3, 0.4) is 0 Å². The van der Waals surface area contributed by atoms with Crippen molar-refractivity contribution in [3.05, 3.63) is 24.3 Å². The van der Waals surface area contributed by atoms with Crippen molar-refractivity contribution in [1.82, 2.24) is 4.90 Å². The Kier molecular flexibility index (Phi) is 5.03. The van der Waals surface area contributed by atoms with Crippen molar-refractivity contribution in [1.29, 1.82) is 0 Å². The molecule has 1 fully saturated rings. The van der Waals surface area contributed by atoms with E-state index in [1.165, 1.54) is 0 Å². The van der Waals surface area contributed by atoms with Crippen molar-refractivity contribution in [2.75, 3.05) is 18.5 Å². The maximum absolute atomic E-state index is 12.3. The number of carbonyl (C=O) groups is 2. The van der Waals surface area contributed by atoms with Gasteiger partial charge in [0, 0.05) is 12.6 Å². The Morgan fingerprint density at radius 1 is 1.38 bits per heavy atom. The van der Waals surface area contributed by atoms with Crippen LogP contribution in [0.4, 0.5) is 10.5 Å². The minimum Gasteiger partial charge on any atom is -0.492 e. The van der Waals surface area contributed by atoms with E-state index in [9.17, 15) is 9.59 Å². The molecule has 0 bridgehead atoms. The van der Waals surface area contributed by atoms with Gasteiger partial charge < -0.3 is 20.1 Å². The summed E-state index contributed by atoms with van der Waals surface area (Å²) in [4.78, 5) is 24.6. The predicted molar refractivity (Wildman–Crippen MR) is 78.6 cm³/mol. The molecule has 0 heterocycles. The van der Waals surface area contributed by atoms with Crippen molar-refractivity contribution < 1.29 is 19.4 Å². The zero-order chi connectivity index (χ0) is 15.2. The van der Waals surface area contributed by atoms with E-state index in [2.05, 4.69) is 5.32 Å². The summed E-state index contributed by atoms with van der Waals surface area (Å²) in [7, 11) is 0. The molecule has 6 nitrogen and oxygen atoms in total. The number of carbonyl (C=O) groups excluding carboxylic acids is 1. The van der Waals surface area contributed by atoms with Crippen LogP contribution in [-0.4, -0.2) is 41.2 Å². The molecular formula is C15H20N2O4. The first-order valence-electron chi connectivity index (χ1n) is 7.13. The Bertz CT molecular complexity index is 514. The number of urea groups is 1. The Labute approximate surface area is 123 Å². The zero-order valence-electron chi connectivity index (χ0n) is 12.0. The molecular weight excluding hydrogens is 272 g/mol. The molecule has 0 aromatic heterocycles. The molecule has 0 atom stereocenters. The number of nitrogens with zero attached hydrogens (tertiary/aromatic N) is 1. The third-order valence-corrected chi connectivity index (χ3v) is 3.24. The fraction of sp³-hybridized carbons (Fsp3) is 0.467. The second-order valence-corrected chi connectivity index (χ2v) is 4.93. The second kappa shape index (κ2) is 6.97. The maximum atomic E-state index is 12.3. The van der Waals surface area contributed by atoms with E-state index < -0.39 is 5.97 Å². The molecule has 1 aromatic rings. The molecule has 21 heavy (non-hydrogen) atoms. The van der Waals surface area contributed by atoms with E-state index in [1.54, 1.807) is 17.0 Å². The van der Waals surface area contributed by atoms with Gasteiger partial charge in [0.1, 0.15) is 5.75 Å². The largest absolute Gasteiger partial charge is 0.492 e. The van der Waals surface area contributed by atoms with E-state index >= 15 is 0 Å². The van der Waals surface area contributed by atoms with Gasteiger partial charge in [0.25, 0.3) is 0 Å². The summed E-state index contributed by atoms with van der Waals surface area (Å²) in [5.74, 6) is -0.287. The maximum Gasteiger partial charge on any atom is 0.322 e. The van der Waals surface area contributed by atoms with E-state index in [0.29, 0.717) is 18.0 Å². The van der Waals surface area contributed by atoms with E-state index in [-0.39, 0.29) is 25.0 Å². The van der Waals surface area contributed by atoms with Gasteiger partial charge in [-0.3, -0.25) is 4.79 Å². The lowest BCUT2D eigenvalue weighted by Crippen LogP contribution is -2.38. The Balaban J connectivity index is 2.02. The second-order valence-electron chi connectivity index (χ2n) is 4.93. The zero-order valence-corrected chi connectivity index (χ0v) is 12.0. The molecule has 1 aliphatic carbocycles. The summed E-state index contributed by atoms with van der Waals surface area (Å²) in [5, 5.41) is 11.6. The first-order valence-corrected chi connectivity index (χ1v) is 7.13. The third-order valence-electron chi connectivity index (χ3n) is 3.24. The number of anilines is 1. The SMILES string of the molecule is CCOc1ccccc1NC(=O)N(CCC(=O)O)C1CC1. The summed E-state index contributed by atoms with van der Waals surface area (Å²) in [6.07, 6.45) is 1.82. The monoisotopic (exact) mass is 292 g/mol. The molecule has 1 aromatic carbocycles. The molecule has 2 rings (SSSR count). The first-order chi connectivity index (χ1) is 10.1. The molecule has 2 amide bonds. The Hall–Kier alpha value is -2.24. The summed E-state index contributed by atoms with van der Waals surface area (Å²) < 4.78 is 5.46. The normalized spacial score (nSPS) is 13.6. The van der Waals surface area contributed by atoms with Crippen molar-refractivity contribution in [3.63, 3.8) is 0 Å². The summed E-state index contributed by atoms with van der Waals surface area (Å²) in [5.41, 5.74) is 0.602. The number of ether oxygens (including phenoxy) is 1. The fourth-order valence-corrected chi connectivity index (χ4v) is 2.09. The minimum absolute atomic E-state index is 0.0446. The highest BCUT2D eigenvalue weighted by molar-refractivity contribution is 5.91. The molecule has 0 unspecified atom stereocenters. The minimum atomic E-state index is -0.900. The van der Waals surface area contributed by atoms with Crippen molar-refractivity contribution >= 4 is 17.7 Å². The number of amides is 2. The van der Waals surface area contributed by atoms with Crippen LogP contribution >= 0.6 is 0 Å². The highest BCUT2D eigenvalue weighted by Crippen LogP contribution is 2.29. The molecule has 0 spiro atoms. The topological polar surface area (TPSA) is 78.9 Å². The number of benzene rings is 1. The van der Waals surface area contributed by atoms with Crippen LogP contribution in [0.1, 0.15) is 26.2 Å². The standard InChI is InChI=1S/C15H20N2O4/c1-2-21-13-6-4-3-5-12(13)16-15(20)17(11-7-8-11)10-9-14(18)19/h3-6,11H,2,7-10H2,1H3,(H,16,20)(H,18,19). The number of hydrogen-bond acceptors (Lipinski definition) is 3. The van der Waals surface area contributed by atoms with Gasteiger partial charge in [-0.1, -0.05) is 12.1 Å². The number of nitrogens with one attached hydrogen (secondary N) is 1. The van der Waals surface area contributed by atoms with Gasteiger partial charge in [-0.2, -0.15) is 0 Å². The van der Waals surface area contributed by atoms with Crippen molar-refractivity contribution in [3.8, 4) is 5.75 Å². The fourth-order valence-electron chi connectivity index (χ4n) is 2.09. The Morgan fingerprint density at radius 2 is 2.10 bits per heavy atom. The molecule has 0 aliphatic heterocycles. The van der Waals surface area contributed by atoms with Gasteiger partial charge in [0.15, 0.2) is 0 Å². The molecule has 0 saturated heterocycles. The van der Waals surface area contributed by atoms with Gasteiger partial charge in [0.05, 0.1) is 18.7 Å². The average Bonchev–Trinajstić information content (AvgIpc) is 3.26. The Morgan fingerprint density at radius 3 is 2.71 bits per heavy atom. The molecule has 2 N–H and O–H groups in total. The number of aliphatic carboxylic acids is 1. The van der Waals surface area contributed by atoms with Crippen LogP contribution in [0, 0.1) is 0 Å². The van der Waals surface area contributed by atoms with Crippen LogP contribution in [-0.2, 0) is 4.79 Å². The molecule has 1 aliphatic rings. The smallest absolute Gasteiger partial charge is 0.322 e. The number of carboxylic acid groups (broad SMARTS) is 1. The highest BCUT2D eigenvalue weighted by atomic mass is 16.5. The number of hydrogen-bond donors (Lipinski definition) is 2. The lowest BCUT2D eigenvalue weighted by Gasteiger charge is -2.22. The van der Waals surface area contributed by atoms with Crippen molar-refractivity contribution in [2.24, 2.45) is 0 Å². The van der Waals surface area contributed by atoms with Crippen LogP contribution < -0.4 is 10.1 Å². The molecule has 0 radical (unpaired) electrons. The van der Waals surface area contributed by atoms with Crippen LogP contribution in [0.25, 0.3) is 0 Å². The van der Waals surface area contributed by atoms with Gasteiger partial charge in [-0.25, -0.2) is 4.79 Å². The van der Waals surface area contributed by atoms with E-state index in [4.69, 9.17) is 9.84 Å². The van der Waals surface area contributed by atoms with Gasteiger partial charge in [-0.15, -0.1) is 0 Å². The van der Waals surface area contributed by atoms with Crippen LogP contribution in [0.15, 0.2) is 24.3 Å². The number of para-hydroxylation sites is 2. The highest BCUT2D eigenvalue weighted by Gasteiger charge is 2.32. The predicted octanol–water partition coefficient (Wildman–Crippen LogP) is 2.56. The summed E-state index contributed by atoms with van der Waals surface area (Å²) in [6, 6.07) is 7.10. The summed E-state index contributed by atoms with van der Waals surface area (Å²) in [6.45, 7) is 2.61. The number of rotatable bonds is 7. The molecule has 114 valence electrons. The van der Waals surface area contributed by atoms with E-state index in [0.717, 1.165) is 12.8 Å². The van der Waals surface area contributed by atoms with Gasteiger partial charge in [0.2, 0.25) is 0 Å². The van der Waals surface area contributed by atoms with Crippen LogP contribution in [0.5, 0.6) is 5.75 Å².